The fraction of sp³-hybridized carbons (Fsp3) is 0.167. The predicted octanol–water partition coefficient (Wildman–Crippen LogP) is 1.19. The highest BCUT2D eigenvalue weighted by atomic mass is 19.1. The summed E-state index contributed by atoms with van der Waals surface area (Å²) in [4.78, 5) is 11.8. The predicted molar refractivity (Wildman–Crippen MR) is 62.4 cm³/mol. The average Bonchev–Trinajstić information content (AvgIpc) is 2.75. The number of hydrogen-bond donors (Lipinski definition) is 2. The molecule has 2 aromatic rings. The number of benzene rings is 1. The Bertz CT molecular complexity index is 580. The van der Waals surface area contributed by atoms with Gasteiger partial charge in [0.2, 0.25) is 0 Å². The number of aromatic hydroxyl groups is 1. The minimum absolute atomic E-state index is 0.0860. The first-order valence-electron chi connectivity index (χ1n) is 5.31. The van der Waals surface area contributed by atoms with E-state index < -0.39 is 11.7 Å². The quantitative estimate of drug-likeness (QED) is 0.858. The third kappa shape index (κ3) is 2.48. The van der Waals surface area contributed by atoms with Crippen LogP contribution in [0.15, 0.2) is 30.5 Å². The largest absolute Gasteiger partial charge is 0.507 e. The van der Waals surface area contributed by atoms with Crippen LogP contribution in [-0.2, 0) is 13.6 Å². The van der Waals surface area contributed by atoms with Gasteiger partial charge < -0.3 is 10.4 Å². The summed E-state index contributed by atoms with van der Waals surface area (Å²) in [6, 6.07) is 4.99. The van der Waals surface area contributed by atoms with Crippen LogP contribution in [0, 0.1) is 5.82 Å². The van der Waals surface area contributed by atoms with E-state index in [-0.39, 0.29) is 17.9 Å². The molecule has 1 heterocycles. The van der Waals surface area contributed by atoms with Gasteiger partial charge in [-0.05, 0) is 24.3 Å². The fourth-order valence-electron chi connectivity index (χ4n) is 1.53. The molecular weight excluding hydrogens is 237 g/mol. The summed E-state index contributed by atoms with van der Waals surface area (Å²) in [5.41, 5.74) is 0.719. The standard InChI is InChI=1S/C12H12FN3O2/c1-16-9(4-5-15-16)7-14-12(18)10-6-8(13)2-3-11(10)17/h2-6,17H,7H2,1H3,(H,14,18). The number of halogens is 1. The lowest BCUT2D eigenvalue weighted by Crippen LogP contribution is -2.24. The Morgan fingerprint density at radius 1 is 1.50 bits per heavy atom. The molecule has 0 aliphatic rings. The number of carbonyl (C=O) groups is 1. The summed E-state index contributed by atoms with van der Waals surface area (Å²) < 4.78 is 14.6. The van der Waals surface area contributed by atoms with Gasteiger partial charge in [0.25, 0.3) is 5.91 Å². The van der Waals surface area contributed by atoms with Gasteiger partial charge in [-0.1, -0.05) is 0 Å². The van der Waals surface area contributed by atoms with E-state index in [1.54, 1.807) is 24.0 Å². The van der Waals surface area contributed by atoms with E-state index in [0.717, 1.165) is 23.9 Å². The van der Waals surface area contributed by atoms with Crippen molar-refractivity contribution in [3.63, 3.8) is 0 Å². The van der Waals surface area contributed by atoms with Gasteiger partial charge in [0, 0.05) is 13.2 Å². The summed E-state index contributed by atoms with van der Waals surface area (Å²) in [5, 5.41) is 16.0. The van der Waals surface area contributed by atoms with Crippen LogP contribution in [0.25, 0.3) is 0 Å². The van der Waals surface area contributed by atoms with Crippen molar-refractivity contribution in [3.05, 3.63) is 47.5 Å². The summed E-state index contributed by atoms with van der Waals surface area (Å²) in [5.74, 6) is -1.36. The second kappa shape index (κ2) is 4.87. The Hall–Kier alpha value is -2.37. The molecule has 1 aromatic carbocycles. The highest BCUT2D eigenvalue weighted by Gasteiger charge is 2.12. The van der Waals surface area contributed by atoms with Gasteiger partial charge in [-0.2, -0.15) is 5.10 Å². The first-order chi connectivity index (χ1) is 8.58. The van der Waals surface area contributed by atoms with Gasteiger partial charge in [-0.3, -0.25) is 9.48 Å². The molecular formula is C12H12FN3O2. The average molecular weight is 249 g/mol. The molecule has 6 heteroatoms. The van der Waals surface area contributed by atoms with Crippen LogP contribution in [0.4, 0.5) is 4.39 Å². The second-order valence-corrected chi connectivity index (χ2v) is 3.79. The first kappa shape index (κ1) is 12.1. The summed E-state index contributed by atoms with van der Waals surface area (Å²) in [7, 11) is 1.75. The van der Waals surface area contributed by atoms with E-state index in [9.17, 15) is 14.3 Å². The van der Waals surface area contributed by atoms with Crippen LogP contribution in [0.5, 0.6) is 5.75 Å². The molecule has 0 saturated carbocycles. The Kier molecular flexibility index (Phi) is 3.27. The minimum Gasteiger partial charge on any atom is -0.507 e. The maximum atomic E-state index is 13.0. The molecule has 0 aliphatic carbocycles. The minimum atomic E-state index is -0.571. The zero-order valence-corrected chi connectivity index (χ0v) is 9.72. The van der Waals surface area contributed by atoms with Crippen LogP contribution in [0.3, 0.4) is 0 Å². The van der Waals surface area contributed by atoms with E-state index in [1.165, 1.54) is 0 Å². The van der Waals surface area contributed by atoms with Crippen LogP contribution in [-0.4, -0.2) is 20.8 Å². The van der Waals surface area contributed by atoms with Crippen LogP contribution in [0.2, 0.25) is 0 Å². The number of amides is 1. The molecule has 1 aromatic heterocycles. The summed E-state index contributed by atoms with van der Waals surface area (Å²) in [6.07, 6.45) is 1.61. The maximum Gasteiger partial charge on any atom is 0.255 e. The lowest BCUT2D eigenvalue weighted by Gasteiger charge is -2.07. The Labute approximate surface area is 103 Å². The van der Waals surface area contributed by atoms with E-state index in [1.807, 2.05) is 0 Å². The Morgan fingerprint density at radius 2 is 2.28 bits per heavy atom. The van der Waals surface area contributed by atoms with E-state index in [2.05, 4.69) is 10.4 Å². The Balaban J connectivity index is 2.08. The number of phenolic OH excluding ortho intramolecular Hbond substituents is 1. The number of rotatable bonds is 3. The SMILES string of the molecule is Cn1nccc1CNC(=O)c1cc(F)ccc1O. The van der Waals surface area contributed by atoms with Crippen molar-refractivity contribution in [2.75, 3.05) is 0 Å². The molecule has 0 radical (unpaired) electrons. The molecule has 0 saturated heterocycles. The van der Waals surface area contributed by atoms with Crippen molar-refractivity contribution in [1.29, 1.82) is 0 Å². The molecule has 0 fully saturated rings. The third-order valence-corrected chi connectivity index (χ3v) is 2.56. The zero-order valence-electron chi connectivity index (χ0n) is 9.72. The summed E-state index contributed by atoms with van der Waals surface area (Å²) >= 11 is 0. The molecule has 2 rings (SSSR count). The fourth-order valence-corrected chi connectivity index (χ4v) is 1.53. The van der Waals surface area contributed by atoms with Crippen molar-refractivity contribution < 1.29 is 14.3 Å². The van der Waals surface area contributed by atoms with Crippen molar-refractivity contribution in [3.8, 4) is 5.75 Å². The van der Waals surface area contributed by atoms with Crippen molar-refractivity contribution in [2.24, 2.45) is 7.05 Å². The monoisotopic (exact) mass is 249 g/mol. The number of hydrogen-bond acceptors (Lipinski definition) is 3. The molecule has 2 N–H and O–H groups in total. The molecule has 94 valence electrons. The van der Waals surface area contributed by atoms with Gasteiger partial charge in [0.05, 0.1) is 17.8 Å². The molecule has 5 nitrogen and oxygen atoms in total. The molecule has 18 heavy (non-hydrogen) atoms. The zero-order chi connectivity index (χ0) is 13.1. The van der Waals surface area contributed by atoms with Crippen LogP contribution < -0.4 is 5.32 Å². The highest BCUT2D eigenvalue weighted by Crippen LogP contribution is 2.17. The molecule has 0 atom stereocenters. The number of aromatic nitrogens is 2. The van der Waals surface area contributed by atoms with Crippen molar-refractivity contribution in [2.45, 2.75) is 6.54 Å². The van der Waals surface area contributed by atoms with Gasteiger partial charge in [0.1, 0.15) is 11.6 Å². The molecule has 1 amide bonds. The highest BCUT2D eigenvalue weighted by molar-refractivity contribution is 5.96. The normalized spacial score (nSPS) is 10.3. The second-order valence-electron chi connectivity index (χ2n) is 3.79. The number of nitrogens with zero attached hydrogens (tertiary/aromatic N) is 2. The lowest BCUT2D eigenvalue weighted by atomic mass is 10.2. The van der Waals surface area contributed by atoms with Gasteiger partial charge in [-0.25, -0.2) is 4.39 Å². The van der Waals surface area contributed by atoms with E-state index in [0.29, 0.717) is 0 Å². The van der Waals surface area contributed by atoms with Gasteiger partial charge in [0.15, 0.2) is 0 Å². The topological polar surface area (TPSA) is 67.2 Å². The molecule has 0 bridgehead atoms. The van der Waals surface area contributed by atoms with E-state index >= 15 is 0 Å². The number of nitrogens with one attached hydrogen (secondary N) is 1. The number of carbonyl (C=O) groups excluding carboxylic acids is 1. The van der Waals surface area contributed by atoms with E-state index in [4.69, 9.17) is 0 Å². The van der Waals surface area contributed by atoms with Crippen LogP contribution in [0.1, 0.15) is 16.1 Å². The smallest absolute Gasteiger partial charge is 0.255 e. The van der Waals surface area contributed by atoms with Gasteiger partial charge in [-0.15, -0.1) is 0 Å². The summed E-state index contributed by atoms with van der Waals surface area (Å²) in [6.45, 7) is 0.255. The first-order valence-corrected chi connectivity index (χ1v) is 5.31. The third-order valence-electron chi connectivity index (χ3n) is 2.56. The lowest BCUT2D eigenvalue weighted by molar-refractivity contribution is 0.0947. The molecule has 0 spiro atoms. The molecule has 0 aliphatic heterocycles. The van der Waals surface area contributed by atoms with Crippen LogP contribution >= 0.6 is 0 Å². The Morgan fingerprint density at radius 3 is 2.94 bits per heavy atom. The number of phenols is 1. The number of aryl methyl sites for hydroxylation is 1. The van der Waals surface area contributed by atoms with Crippen molar-refractivity contribution >= 4 is 5.91 Å². The molecule has 0 unspecified atom stereocenters. The van der Waals surface area contributed by atoms with Crippen molar-refractivity contribution in [1.82, 2.24) is 15.1 Å². The van der Waals surface area contributed by atoms with Gasteiger partial charge >= 0.3 is 0 Å². The maximum absolute atomic E-state index is 13.0.